The molecule has 0 fully saturated rings. The fourth-order valence-corrected chi connectivity index (χ4v) is 2.49. The highest BCUT2D eigenvalue weighted by Gasteiger charge is 2.19. The van der Waals surface area contributed by atoms with Crippen molar-refractivity contribution in [2.24, 2.45) is 0 Å². The molecule has 0 heterocycles. The van der Waals surface area contributed by atoms with Crippen LogP contribution in [0, 0.1) is 13.8 Å². The minimum absolute atomic E-state index is 0.115. The molecular formula is C18H29N4O3+. The van der Waals surface area contributed by atoms with Crippen molar-refractivity contribution in [3.8, 4) is 0 Å². The lowest BCUT2D eigenvalue weighted by atomic mass is 10.1. The summed E-state index contributed by atoms with van der Waals surface area (Å²) in [5.41, 5.74) is 2.81. The number of carbonyl (C=O) groups is 3. The van der Waals surface area contributed by atoms with E-state index in [2.05, 4.69) is 16.0 Å². The highest BCUT2D eigenvalue weighted by atomic mass is 16.2. The number of nitrogens with one attached hydrogen (secondary N) is 4. The van der Waals surface area contributed by atoms with E-state index in [0.717, 1.165) is 21.7 Å². The van der Waals surface area contributed by atoms with Crippen molar-refractivity contribution in [3.63, 3.8) is 0 Å². The summed E-state index contributed by atoms with van der Waals surface area (Å²) >= 11 is 0. The molecule has 1 rings (SSSR count). The van der Waals surface area contributed by atoms with Crippen molar-refractivity contribution in [1.82, 2.24) is 10.6 Å². The van der Waals surface area contributed by atoms with Gasteiger partial charge < -0.3 is 20.9 Å². The van der Waals surface area contributed by atoms with Gasteiger partial charge in [-0.1, -0.05) is 18.2 Å². The first-order chi connectivity index (χ1) is 11.7. The van der Waals surface area contributed by atoms with Gasteiger partial charge in [0.05, 0.1) is 7.05 Å². The molecule has 0 saturated heterocycles. The average molecular weight is 349 g/mol. The number of amides is 3. The van der Waals surface area contributed by atoms with Crippen LogP contribution >= 0.6 is 0 Å². The number of benzene rings is 1. The Labute approximate surface area is 149 Å². The smallest absolute Gasteiger partial charge is 0.279 e. The molecule has 3 amide bonds. The lowest BCUT2D eigenvalue weighted by molar-refractivity contribution is -0.862. The second-order valence-electron chi connectivity index (χ2n) is 6.31. The Morgan fingerprint density at radius 3 is 2.20 bits per heavy atom. The van der Waals surface area contributed by atoms with Gasteiger partial charge in [0.2, 0.25) is 5.91 Å². The first-order valence-corrected chi connectivity index (χ1v) is 8.49. The minimum Gasteiger partial charge on any atom is -0.355 e. The van der Waals surface area contributed by atoms with E-state index in [-0.39, 0.29) is 30.8 Å². The van der Waals surface area contributed by atoms with Crippen molar-refractivity contribution < 1.29 is 19.3 Å². The number of hydrogen-bond donors (Lipinski definition) is 4. The maximum absolute atomic E-state index is 12.2. The molecule has 1 unspecified atom stereocenters. The van der Waals surface area contributed by atoms with Gasteiger partial charge in [0.25, 0.3) is 11.8 Å². The molecule has 2 atom stereocenters. The van der Waals surface area contributed by atoms with Crippen LogP contribution in [0.4, 0.5) is 5.69 Å². The van der Waals surface area contributed by atoms with Crippen LogP contribution in [0.1, 0.15) is 25.0 Å². The summed E-state index contributed by atoms with van der Waals surface area (Å²) in [4.78, 5) is 36.5. The number of likely N-dealkylation sites (N-methyl/N-ethyl adjacent to an activating group) is 2. The summed E-state index contributed by atoms with van der Waals surface area (Å²) in [6.07, 6.45) is 0. The Bertz CT molecular complexity index is 610. The quantitative estimate of drug-likeness (QED) is 0.505. The molecule has 1 aromatic rings. The van der Waals surface area contributed by atoms with Gasteiger partial charge in [0.15, 0.2) is 13.1 Å². The van der Waals surface area contributed by atoms with E-state index in [0.29, 0.717) is 6.54 Å². The fraction of sp³-hybridized carbons (Fsp3) is 0.500. The summed E-state index contributed by atoms with van der Waals surface area (Å²) in [5.74, 6) is -0.642. The summed E-state index contributed by atoms with van der Waals surface area (Å²) in [5, 5.41) is 8.19. The zero-order valence-electron chi connectivity index (χ0n) is 15.7. The lowest BCUT2D eigenvalue weighted by Gasteiger charge is -2.17. The highest BCUT2D eigenvalue weighted by Crippen LogP contribution is 2.18. The number of rotatable bonds is 8. The Balaban J connectivity index is 2.48. The minimum atomic E-state index is -0.594. The predicted octanol–water partition coefficient (Wildman–Crippen LogP) is -0.603. The molecule has 7 nitrogen and oxygen atoms in total. The predicted molar refractivity (Wildman–Crippen MR) is 97.5 cm³/mol. The Hall–Kier alpha value is -2.41. The molecule has 0 aliphatic rings. The maximum atomic E-state index is 12.2. The third-order valence-corrected chi connectivity index (χ3v) is 3.79. The highest BCUT2D eigenvalue weighted by molar-refractivity contribution is 5.93. The molecule has 1 aromatic carbocycles. The van der Waals surface area contributed by atoms with Gasteiger partial charge in [0.1, 0.15) is 6.04 Å². The van der Waals surface area contributed by atoms with Crippen LogP contribution < -0.4 is 20.9 Å². The van der Waals surface area contributed by atoms with Crippen LogP contribution in [0.3, 0.4) is 0 Å². The summed E-state index contributed by atoms with van der Waals surface area (Å²) < 4.78 is 0. The van der Waals surface area contributed by atoms with Crippen molar-refractivity contribution in [2.45, 2.75) is 33.7 Å². The van der Waals surface area contributed by atoms with Gasteiger partial charge in [-0.15, -0.1) is 0 Å². The van der Waals surface area contributed by atoms with Crippen LogP contribution in [0.25, 0.3) is 0 Å². The normalized spacial score (nSPS) is 12.8. The van der Waals surface area contributed by atoms with Crippen LogP contribution in [0.2, 0.25) is 0 Å². The van der Waals surface area contributed by atoms with Crippen molar-refractivity contribution in [1.29, 1.82) is 0 Å². The van der Waals surface area contributed by atoms with E-state index in [9.17, 15) is 14.4 Å². The average Bonchev–Trinajstić information content (AvgIpc) is 2.50. The van der Waals surface area contributed by atoms with Crippen molar-refractivity contribution >= 4 is 23.4 Å². The molecule has 138 valence electrons. The van der Waals surface area contributed by atoms with E-state index in [1.807, 2.05) is 39.0 Å². The van der Waals surface area contributed by atoms with E-state index >= 15 is 0 Å². The van der Waals surface area contributed by atoms with Gasteiger partial charge in [-0.2, -0.15) is 0 Å². The lowest BCUT2D eigenvalue weighted by Crippen LogP contribution is -3.11. The number of quaternary nitrogens is 1. The summed E-state index contributed by atoms with van der Waals surface area (Å²) in [7, 11) is 1.76. The first-order valence-electron chi connectivity index (χ1n) is 8.49. The monoisotopic (exact) mass is 349 g/mol. The standard InChI is InChI=1S/C18H28N4O3/c1-6-19-18(25)14(4)20-15(23)10-22(5)11-16(24)21-17-12(2)8-7-9-13(17)3/h7-9,14H,6,10-11H2,1-5H3,(H,19,25)(H,20,23)(H,21,24)/p+1/t14-/m0/s1. The molecule has 0 bridgehead atoms. The third-order valence-electron chi connectivity index (χ3n) is 3.79. The number of hydrogen-bond acceptors (Lipinski definition) is 3. The molecule has 0 saturated carbocycles. The fourth-order valence-electron chi connectivity index (χ4n) is 2.49. The molecule has 0 aromatic heterocycles. The second kappa shape index (κ2) is 9.78. The van der Waals surface area contributed by atoms with Gasteiger partial charge in [-0.25, -0.2) is 0 Å². The summed E-state index contributed by atoms with van der Waals surface area (Å²) in [6.45, 7) is 8.12. The second-order valence-corrected chi connectivity index (χ2v) is 6.31. The zero-order chi connectivity index (χ0) is 19.0. The van der Waals surface area contributed by atoms with Crippen LogP contribution in [-0.4, -0.2) is 50.4 Å². The van der Waals surface area contributed by atoms with Crippen molar-refractivity contribution in [3.05, 3.63) is 29.3 Å². The van der Waals surface area contributed by atoms with Gasteiger partial charge in [0, 0.05) is 12.2 Å². The van der Waals surface area contributed by atoms with Gasteiger partial charge >= 0.3 is 0 Å². The van der Waals surface area contributed by atoms with Crippen molar-refractivity contribution in [2.75, 3.05) is 32.0 Å². The number of carbonyl (C=O) groups excluding carboxylic acids is 3. The summed E-state index contributed by atoms with van der Waals surface area (Å²) in [6, 6.07) is 5.23. The molecule has 0 spiro atoms. The Morgan fingerprint density at radius 2 is 1.64 bits per heavy atom. The van der Waals surface area contributed by atoms with Crippen LogP contribution in [0.15, 0.2) is 18.2 Å². The van der Waals surface area contributed by atoms with Crippen LogP contribution in [0.5, 0.6) is 0 Å². The maximum Gasteiger partial charge on any atom is 0.279 e. The number of para-hydroxylation sites is 1. The molecule has 7 heteroatoms. The molecule has 25 heavy (non-hydrogen) atoms. The largest absolute Gasteiger partial charge is 0.355 e. The number of anilines is 1. The zero-order valence-corrected chi connectivity index (χ0v) is 15.7. The van der Waals surface area contributed by atoms with Crippen LogP contribution in [-0.2, 0) is 14.4 Å². The molecule has 0 aliphatic heterocycles. The molecular weight excluding hydrogens is 320 g/mol. The molecule has 0 radical (unpaired) electrons. The van der Waals surface area contributed by atoms with E-state index in [4.69, 9.17) is 0 Å². The molecule has 4 N–H and O–H groups in total. The Morgan fingerprint density at radius 1 is 1.08 bits per heavy atom. The van der Waals surface area contributed by atoms with Gasteiger partial charge in [-0.05, 0) is 38.8 Å². The molecule has 0 aliphatic carbocycles. The van der Waals surface area contributed by atoms with E-state index < -0.39 is 6.04 Å². The first kappa shape index (κ1) is 20.6. The third kappa shape index (κ3) is 6.93. The SMILES string of the molecule is CCNC(=O)[C@H](C)NC(=O)C[NH+](C)CC(=O)Nc1c(C)cccc1C. The van der Waals surface area contributed by atoms with E-state index in [1.165, 1.54) is 0 Å². The topological polar surface area (TPSA) is 91.7 Å². The van der Waals surface area contributed by atoms with E-state index in [1.54, 1.807) is 14.0 Å². The Kier molecular flexibility index (Phi) is 8.07. The van der Waals surface area contributed by atoms with Gasteiger partial charge in [-0.3, -0.25) is 14.4 Å². The number of aryl methyl sites for hydroxylation is 2.